The molecule has 26 heavy (non-hydrogen) atoms. The lowest BCUT2D eigenvalue weighted by molar-refractivity contribution is -0.148. The average molecular weight is 395 g/mol. The third kappa shape index (κ3) is 5.47. The minimum Gasteiger partial charge on any atom is -0.454 e. The molecule has 2 aromatic rings. The lowest BCUT2D eigenvalue weighted by atomic mass is 10.2. The Bertz CT molecular complexity index is 826. The zero-order chi connectivity index (χ0) is 19.1. The topological polar surface area (TPSA) is 84.5 Å². The van der Waals surface area contributed by atoms with Crippen molar-refractivity contribution in [3.05, 3.63) is 64.1 Å². The van der Waals surface area contributed by atoms with Gasteiger partial charge in [-0.3, -0.25) is 9.59 Å². The van der Waals surface area contributed by atoms with Crippen molar-refractivity contribution in [2.75, 3.05) is 11.9 Å². The number of anilines is 1. The van der Waals surface area contributed by atoms with E-state index in [2.05, 4.69) is 10.6 Å². The van der Waals surface area contributed by atoms with Crippen LogP contribution in [0, 0.1) is 0 Å². The number of halogens is 2. The summed E-state index contributed by atoms with van der Waals surface area (Å²) < 4.78 is 4.90. The Morgan fingerprint density at radius 3 is 2.27 bits per heavy atom. The van der Waals surface area contributed by atoms with Crippen molar-refractivity contribution in [3.63, 3.8) is 0 Å². The van der Waals surface area contributed by atoms with E-state index in [1.165, 1.54) is 13.0 Å². The number of carbonyl (C=O) groups excluding carboxylic acids is 3. The highest BCUT2D eigenvalue weighted by molar-refractivity contribution is 6.34. The molecule has 8 heteroatoms. The summed E-state index contributed by atoms with van der Waals surface area (Å²) in [5.74, 6) is -1.81. The van der Waals surface area contributed by atoms with E-state index in [0.29, 0.717) is 10.7 Å². The van der Waals surface area contributed by atoms with Gasteiger partial charge in [0.2, 0.25) is 0 Å². The van der Waals surface area contributed by atoms with Crippen LogP contribution in [0.4, 0.5) is 5.69 Å². The van der Waals surface area contributed by atoms with E-state index >= 15 is 0 Å². The molecule has 2 aromatic carbocycles. The van der Waals surface area contributed by atoms with Gasteiger partial charge in [-0.2, -0.15) is 0 Å². The zero-order valence-electron chi connectivity index (χ0n) is 13.8. The molecule has 0 heterocycles. The molecule has 0 unspecified atom stereocenters. The number of amides is 2. The van der Waals surface area contributed by atoms with Crippen LogP contribution < -0.4 is 10.6 Å². The highest BCUT2D eigenvalue weighted by Gasteiger charge is 2.20. The number of esters is 1. The average Bonchev–Trinajstić information content (AvgIpc) is 2.61. The lowest BCUT2D eigenvalue weighted by Crippen LogP contribution is -2.40. The number of nitrogens with one attached hydrogen (secondary N) is 2. The summed E-state index contributed by atoms with van der Waals surface area (Å²) in [4.78, 5) is 35.9. The van der Waals surface area contributed by atoms with Crippen molar-refractivity contribution >= 4 is 46.7 Å². The van der Waals surface area contributed by atoms with Crippen LogP contribution in [-0.2, 0) is 14.3 Å². The Balaban J connectivity index is 1.83. The number of para-hydroxylation sites is 1. The maximum absolute atomic E-state index is 12.1. The fourth-order valence-electron chi connectivity index (χ4n) is 1.99. The van der Waals surface area contributed by atoms with Gasteiger partial charge >= 0.3 is 5.97 Å². The molecule has 0 radical (unpaired) electrons. The van der Waals surface area contributed by atoms with Crippen LogP contribution in [0.1, 0.15) is 17.3 Å². The van der Waals surface area contributed by atoms with E-state index in [-0.39, 0.29) is 10.6 Å². The molecule has 1 atom stereocenters. The maximum atomic E-state index is 12.1. The molecule has 0 spiro atoms. The third-order valence-electron chi connectivity index (χ3n) is 3.31. The van der Waals surface area contributed by atoms with Gasteiger partial charge < -0.3 is 15.4 Å². The predicted octanol–water partition coefficient (Wildman–Crippen LogP) is 3.29. The number of ether oxygens (including phenoxy) is 1. The van der Waals surface area contributed by atoms with E-state index in [1.54, 1.807) is 42.5 Å². The molecule has 0 aliphatic carbocycles. The van der Waals surface area contributed by atoms with Crippen molar-refractivity contribution in [1.29, 1.82) is 0 Å². The molecule has 6 nitrogen and oxygen atoms in total. The predicted molar refractivity (Wildman–Crippen MR) is 99.4 cm³/mol. The van der Waals surface area contributed by atoms with Gasteiger partial charge in [-0.1, -0.05) is 47.5 Å². The second-order valence-electron chi connectivity index (χ2n) is 5.31. The van der Waals surface area contributed by atoms with E-state index in [0.717, 1.165) is 0 Å². The summed E-state index contributed by atoms with van der Waals surface area (Å²) in [5.41, 5.74) is 0.653. The van der Waals surface area contributed by atoms with Gasteiger partial charge in [0.15, 0.2) is 6.61 Å². The van der Waals surface area contributed by atoms with Gasteiger partial charge in [0.1, 0.15) is 6.04 Å². The fraction of sp³-hybridized carbons (Fsp3) is 0.167. The first kappa shape index (κ1) is 19.8. The van der Waals surface area contributed by atoms with Gasteiger partial charge in [-0.05, 0) is 31.2 Å². The molecule has 0 aliphatic heterocycles. The van der Waals surface area contributed by atoms with Gasteiger partial charge in [0, 0.05) is 0 Å². The van der Waals surface area contributed by atoms with Crippen LogP contribution in [0.15, 0.2) is 48.5 Å². The second-order valence-corrected chi connectivity index (χ2v) is 6.13. The Labute approximate surface area is 160 Å². The van der Waals surface area contributed by atoms with Crippen LogP contribution >= 0.6 is 23.2 Å². The molecular formula is C18H16Cl2N2O4. The first-order valence-corrected chi connectivity index (χ1v) is 8.40. The van der Waals surface area contributed by atoms with Gasteiger partial charge in [0.25, 0.3) is 11.8 Å². The molecule has 2 amide bonds. The van der Waals surface area contributed by atoms with Gasteiger partial charge in [-0.25, -0.2) is 4.79 Å². The van der Waals surface area contributed by atoms with Crippen molar-refractivity contribution in [2.45, 2.75) is 13.0 Å². The monoisotopic (exact) mass is 394 g/mol. The summed E-state index contributed by atoms with van der Waals surface area (Å²) in [6.07, 6.45) is 0. The number of rotatable bonds is 6. The molecule has 136 valence electrons. The number of hydrogen-bond donors (Lipinski definition) is 2. The molecule has 0 aromatic heterocycles. The Hall–Kier alpha value is -2.57. The molecule has 0 bridgehead atoms. The minimum absolute atomic E-state index is 0.241. The second kappa shape index (κ2) is 9.22. The van der Waals surface area contributed by atoms with E-state index in [9.17, 15) is 14.4 Å². The Kier molecular flexibility index (Phi) is 7.00. The van der Waals surface area contributed by atoms with Crippen LogP contribution in [0.5, 0.6) is 0 Å². The summed E-state index contributed by atoms with van der Waals surface area (Å²) in [5, 5.41) is 5.63. The molecule has 0 fully saturated rings. The first-order valence-electron chi connectivity index (χ1n) is 7.65. The molecule has 0 saturated heterocycles. The van der Waals surface area contributed by atoms with Crippen LogP contribution in [0.3, 0.4) is 0 Å². The van der Waals surface area contributed by atoms with Crippen molar-refractivity contribution in [1.82, 2.24) is 5.32 Å². The molecular weight excluding hydrogens is 379 g/mol. The summed E-state index contributed by atoms with van der Waals surface area (Å²) in [7, 11) is 0. The Morgan fingerprint density at radius 1 is 1.00 bits per heavy atom. The van der Waals surface area contributed by atoms with Gasteiger partial charge in [-0.15, -0.1) is 0 Å². The fourth-order valence-corrected chi connectivity index (χ4v) is 2.39. The summed E-state index contributed by atoms with van der Waals surface area (Å²) in [6, 6.07) is 12.2. The van der Waals surface area contributed by atoms with E-state index in [4.69, 9.17) is 27.9 Å². The van der Waals surface area contributed by atoms with Crippen LogP contribution in [-0.4, -0.2) is 30.4 Å². The number of hydrogen-bond acceptors (Lipinski definition) is 4. The summed E-state index contributed by atoms with van der Waals surface area (Å²) in [6.45, 7) is 0.944. The molecule has 0 saturated carbocycles. The minimum atomic E-state index is -0.952. The summed E-state index contributed by atoms with van der Waals surface area (Å²) >= 11 is 11.9. The highest BCUT2D eigenvalue weighted by atomic mass is 35.5. The first-order chi connectivity index (χ1) is 12.4. The largest absolute Gasteiger partial charge is 0.454 e. The van der Waals surface area contributed by atoms with E-state index in [1.807, 2.05) is 0 Å². The van der Waals surface area contributed by atoms with Gasteiger partial charge in [0.05, 0.1) is 21.3 Å². The van der Waals surface area contributed by atoms with E-state index < -0.39 is 30.4 Å². The smallest absolute Gasteiger partial charge is 0.328 e. The standard InChI is InChI=1S/C18H16Cl2N2O4/c1-11(21-17(24)12-6-2-3-7-13(12)19)18(25)26-10-16(23)22-15-9-5-4-8-14(15)20/h2-9,11H,10H2,1H3,(H,21,24)(H,22,23)/t11-/m0/s1. The lowest BCUT2D eigenvalue weighted by Gasteiger charge is -2.14. The van der Waals surface area contributed by atoms with Crippen LogP contribution in [0.2, 0.25) is 10.0 Å². The van der Waals surface area contributed by atoms with Crippen molar-refractivity contribution in [2.24, 2.45) is 0 Å². The Morgan fingerprint density at radius 2 is 1.62 bits per heavy atom. The zero-order valence-corrected chi connectivity index (χ0v) is 15.3. The normalized spacial score (nSPS) is 11.3. The highest BCUT2D eigenvalue weighted by Crippen LogP contribution is 2.20. The molecule has 2 rings (SSSR count). The number of carbonyl (C=O) groups is 3. The quantitative estimate of drug-likeness (QED) is 0.736. The van der Waals surface area contributed by atoms with Crippen molar-refractivity contribution < 1.29 is 19.1 Å². The van der Waals surface area contributed by atoms with Crippen LogP contribution in [0.25, 0.3) is 0 Å². The number of benzene rings is 2. The SMILES string of the molecule is C[C@H](NC(=O)c1ccccc1Cl)C(=O)OCC(=O)Nc1ccccc1Cl. The molecule has 0 aliphatic rings. The third-order valence-corrected chi connectivity index (χ3v) is 3.97. The maximum Gasteiger partial charge on any atom is 0.328 e. The van der Waals surface area contributed by atoms with Crippen molar-refractivity contribution in [3.8, 4) is 0 Å². The molecule has 2 N–H and O–H groups in total.